The summed E-state index contributed by atoms with van der Waals surface area (Å²) in [4.78, 5) is 0. The van der Waals surface area contributed by atoms with Gasteiger partial charge in [0.05, 0.1) is 12.5 Å². The van der Waals surface area contributed by atoms with Gasteiger partial charge in [0.25, 0.3) is 0 Å². The second kappa shape index (κ2) is 3.36. The summed E-state index contributed by atoms with van der Waals surface area (Å²) in [6.07, 6.45) is 0.0619. The number of halogens is 2. The van der Waals surface area contributed by atoms with Gasteiger partial charge in [-0.3, -0.25) is 0 Å². The first-order valence-electron chi connectivity index (χ1n) is 3.05. The number of nitrogens with zero attached hydrogens (tertiary/aromatic N) is 1. The Morgan fingerprint density at radius 3 is 2.91 bits per heavy atom. The van der Waals surface area contributed by atoms with Crippen molar-refractivity contribution in [2.45, 2.75) is 6.42 Å². The smallest absolute Gasteiger partial charge is 0.127 e. The molecule has 0 radical (unpaired) electrons. The van der Waals surface area contributed by atoms with Crippen molar-refractivity contribution in [3.05, 3.63) is 34.6 Å². The van der Waals surface area contributed by atoms with E-state index in [4.69, 9.17) is 16.9 Å². The molecule has 0 spiro atoms. The molecule has 0 aliphatic carbocycles. The Balaban J connectivity index is 3.05. The van der Waals surface area contributed by atoms with Crippen LogP contribution in [0.1, 0.15) is 5.56 Å². The maximum atomic E-state index is 12.7. The molecule has 3 heteroatoms. The Morgan fingerprint density at radius 1 is 1.55 bits per heavy atom. The number of nitriles is 1. The molecule has 1 aromatic carbocycles. The van der Waals surface area contributed by atoms with Crippen LogP contribution in [0.25, 0.3) is 0 Å². The fourth-order valence-electron chi connectivity index (χ4n) is 0.764. The van der Waals surface area contributed by atoms with Gasteiger partial charge in [0.15, 0.2) is 0 Å². The summed E-state index contributed by atoms with van der Waals surface area (Å²) < 4.78 is 12.7. The predicted molar refractivity (Wildman–Crippen MR) is 40.7 cm³/mol. The lowest BCUT2D eigenvalue weighted by atomic mass is 10.1. The summed E-state index contributed by atoms with van der Waals surface area (Å²) in [5, 5.41) is 8.73. The highest BCUT2D eigenvalue weighted by Gasteiger charge is 2.00. The van der Waals surface area contributed by atoms with Gasteiger partial charge in [-0.15, -0.1) is 0 Å². The number of hydrogen-bond acceptors (Lipinski definition) is 1. The highest BCUT2D eigenvalue weighted by atomic mass is 35.5. The molecule has 0 atom stereocenters. The molecule has 0 amide bonds. The van der Waals surface area contributed by atoms with E-state index in [0.29, 0.717) is 10.6 Å². The second-order valence-corrected chi connectivity index (χ2v) is 2.51. The molecule has 0 aromatic heterocycles. The van der Waals surface area contributed by atoms with Crippen LogP contribution in [0, 0.1) is 17.1 Å². The molecule has 0 saturated carbocycles. The van der Waals surface area contributed by atoms with E-state index < -0.39 is 0 Å². The normalized spacial score (nSPS) is 9.18. The number of rotatable bonds is 1. The van der Waals surface area contributed by atoms with Crippen LogP contribution in [-0.2, 0) is 6.42 Å². The minimum absolute atomic E-state index is 0.0619. The topological polar surface area (TPSA) is 23.8 Å². The first-order valence-corrected chi connectivity index (χ1v) is 3.42. The minimum atomic E-state index is -0.379. The Morgan fingerprint density at radius 2 is 2.27 bits per heavy atom. The van der Waals surface area contributed by atoms with E-state index in [9.17, 15) is 4.39 Å². The largest absolute Gasteiger partial charge is 0.207 e. The maximum absolute atomic E-state index is 12.7. The molecule has 0 aliphatic rings. The summed E-state index contributed by atoms with van der Waals surface area (Å²) in [7, 11) is 0. The van der Waals surface area contributed by atoms with E-state index in [1.165, 1.54) is 18.2 Å². The average molecular weight is 170 g/mol. The maximum Gasteiger partial charge on any atom is 0.127 e. The molecule has 1 aromatic rings. The molecule has 0 N–H and O–H groups in total. The van der Waals surface area contributed by atoms with Gasteiger partial charge in [-0.05, 0) is 18.2 Å². The lowest BCUT2D eigenvalue weighted by Gasteiger charge is -1.96. The van der Waals surface area contributed by atoms with Crippen LogP contribution in [-0.4, -0.2) is 0 Å². The first-order chi connectivity index (χ1) is 5.24. The average Bonchev–Trinajstić information content (AvgIpc) is 1.98. The van der Waals surface area contributed by atoms with Gasteiger partial charge in [0, 0.05) is 10.6 Å². The summed E-state index contributed by atoms with van der Waals surface area (Å²) in [5.41, 5.74) is 0.347. The second-order valence-electron chi connectivity index (χ2n) is 2.07. The van der Waals surface area contributed by atoms with Gasteiger partial charge in [-0.2, -0.15) is 5.26 Å². The molecular formula is C8H5ClFN. The monoisotopic (exact) mass is 169 g/mol. The molecular weight excluding hydrogens is 165 g/mol. The molecule has 0 aliphatic heterocycles. The third kappa shape index (κ3) is 1.92. The van der Waals surface area contributed by atoms with E-state index in [1.54, 1.807) is 0 Å². The van der Waals surface area contributed by atoms with Gasteiger partial charge in [-0.25, -0.2) is 4.39 Å². The fraction of sp³-hybridized carbons (Fsp3) is 0.125. The molecule has 0 unspecified atom stereocenters. The van der Waals surface area contributed by atoms with Gasteiger partial charge in [-0.1, -0.05) is 11.6 Å². The zero-order valence-electron chi connectivity index (χ0n) is 5.64. The van der Waals surface area contributed by atoms with E-state index in [-0.39, 0.29) is 12.2 Å². The predicted octanol–water partition coefficient (Wildman–Crippen LogP) is 2.55. The van der Waals surface area contributed by atoms with Crippen LogP contribution in [0.3, 0.4) is 0 Å². The third-order valence-corrected chi connectivity index (χ3v) is 1.51. The van der Waals surface area contributed by atoms with E-state index in [1.807, 2.05) is 6.07 Å². The summed E-state index contributed by atoms with van der Waals surface area (Å²) in [6, 6.07) is 6.03. The minimum Gasteiger partial charge on any atom is -0.207 e. The molecule has 0 heterocycles. The van der Waals surface area contributed by atoms with Crippen molar-refractivity contribution < 1.29 is 4.39 Å². The molecule has 1 rings (SSSR count). The standard InChI is InChI=1S/C8H5ClFN/c9-7-1-2-8(10)6(5-7)3-4-11/h1-2,5H,3H2. The summed E-state index contributed by atoms with van der Waals surface area (Å²) in [6.45, 7) is 0. The van der Waals surface area contributed by atoms with Crippen molar-refractivity contribution in [2.24, 2.45) is 0 Å². The van der Waals surface area contributed by atoms with Crippen molar-refractivity contribution in [1.82, 2.24) is 0 Å². The van der Waals surface area contributed by atoms with Crippen LogP contribution in [0.4, 0.5) is 4.39 Å². The molecule has 0 fully saturated rings. The van der Waals surface area contributed by atoms with Gasteiger partial charge in [0.2, 0.25) is 0 Å². The van der Waals surface area contributed by atoms with Crippen molar-refractivity contribution in [2.75, 3.05) is 0 Å². The lowest BCUT2D eigenvalue weighted by molar-refractivity contribution is 0.615. The van der Waals surface area contributed by atoms with Crippen LogP contribution in [0.2, 0.25) is 5.02 Å². The van der Waals surface area contributed by atoms with Crippen molar-refractivity contribution in [3.8, 4) is 6.07 Å². The third-order valence-electron chi connectivity index (χ3n) is 1.28. The molecule has 0 saturated heterocycles. The quantitative estimate of drug-likeness (QED) is 0.634. The summed E-state index contributed by atoms with van der Waals surface area (Å²) >= 11 is 5.58. The van der Waals surface area contributed by atoms with Crippen LogP contribution >= 0.6 is 11.6 Å². The molecule has 11 heavy (non-hydrogen) atoms. The summed E-state index contributed by atoms with van der Waals surface area (Å²) in [5.74, 6) is -0.379. The highest BCUT2D eigenvalue weighted by molar-refractivity contribution is 6.30. The van der Waals surface area contributed by atoms with Crippen LogP contribution < -0.4 is 0 Å². The Labute approximate surface area is 69.0 Å². The SMILES string of the molecule is N#CCc1cc(Cl)ccc1F. The fourth-order valence-corrected chi connectivity index (χ4v) is 0.959. The molecule has 0 bridgehead atoms. The lowest BCUT2D eigenvalue weighted by Crippen LogP contribution is -1.87. The molecule has 1 nitrogen and oxygen atoms in total. The highest BCUT2D eigenvalue weighted by Crippen LogP contribution is 2.14. The van der Waals surface area contributed by atoms with E-state index in [2.05, 4.69) is 0 Å². The number of benzene rings is 1. The van der Waals surface area contributed by atoms with Crippen molar-refractivity contribution >= 4 is 11.6 Å². The Bertz CT molecular complexity index is 303. The molecule has 56 valence electrons. The Kier molecular flexibility index (Phi) is 2.45. The van der Waals surface area contributed by atoms with Crippen molar-refractivity contribution in [1.29, 1.82) is 5.26 Å². The van der Waals surface area contributed by atoms with Crippen LogP contribution in [0.15, 0.2) is 18.2 Å². The zero-order valence-corrected chi connectivity index (χ0v) is 6.40. The van der Waals surface area contributed by atoms with Gasteiger partial charge < -0.3 is 0 Å². The zero-order chi connectivity index (χ0) is 8.27. The first kappa shape index (κ1) is 8.03. The number of hydrogen-bond donors (Lipinski definition) is 0. The Hall–Kier alpha value is -1.07. The van der Waals surface area contributed by atoms with Crippen LogP contribution in [0.5, 0.6) is 0 Å². The van der Waals surface area contributed by atoms with Gasteiger partial charge in [0.1, 0.15) is 5.82 Å². The van der Waals surface area contributed by atoms with Crippen molar-refractivity contribution in [3.63, 3.8) is 0 Å². The van der Waals surface area contributed by atoms with E-state index >= 15 is 0 Å². The van der Waals surface area contributed by atoms with Gasteiger partial charge >= 0.3 is 0 Å². The van der Waals surface area contributed by atoms with E-state index in [0.717, 1.165) is 0 Å².